The first-order valence-corrected chi connectivity index (χ1v) is 11.4. The fourth-order valence-electron chi connectivity index (χ4n) is 4.32. The van der Waals surface area contributed by atoms with Crippen LogP contribution in [0.3, 0.4) is 0 Å². The minimum absolute atomic E-state index is 0.0460. The molecule has 2 fully saturated rings. The number of morpholine rings is 1. The van der Waals surface area contributed by atoms with Crippen molar-refractivity contribution in [1.29, 1.82) is 0 Å². The number of ether oxygens (including phenoxy) is 2. The molecule has 8 heteroatoms. The lowest BCUT2D eigenvalue weighted by molar-refractivity contribution is -0.140. The van der Waals surface area contributed by atoms with Crippen molar-refractivity contribution < 1.29 is 24.2 Å². The zero-order chi connectivity index (χ0) is 23.4. The molecule has 2 heterocycles. The molecule has 0 spiro atoms. The largest absolute Gasteiger partial charge is 0.507 e. The lowest BCUT2D eigenvalue weighted by Crippen LogP contribution is -2.39. The Balaban J connectivity index is 1.67. The lowest BCUT2D eigenvalue weighted by Gasteiger charge is -2.29. The predicted molar refractivity (Wildman–Crippen MR) is 125 cm³/mol. The van der Waals surface area contributed by atoms with Crippen LogP contribution in [0.15, 0.2) is 54.1 Å². The fraction of sp³-hybridized carbons (Fsp3) is 0.360. The molecule has 0 aliphatic carbocycles. The molecule has 0 unspecified atom stereocenters. The van der Waals surface area contributed by atoms with Crippen LogP contribution in [0.2, 0.25) is 5.02 Å². The summed E-state index contributed by atoms with van der Waals surface area (Å²) in [5.41, 5.74) is 1.09. The quantitative estimate of drug-likeness (QED) is 0.379. The van der Waals surface area contributed by atoms with Gasteiger partial charge in [-0.2, -0.15) is 0 Å². The summed E-state index contributed by atoms with van der Waals surface area (Å²) >= 11 is 6.48. The van der Waals surface area contributed by atoms with Crippen molar-refractivity contribution in [2.45, 2.75) is 12.5 Å². The van der Waals surface area contributed by atoms with Gasteiger partial charge in [0, 0.05) is 36.8 Å². The van der Waals surface area contributed by atoms with Gasteiger partial charge in [0.25, 0.3) is 11.7 Å². The van der Waals surface area contributed by atoms with Crippen molar-refractivity contribution in [1.82, 2.24) is 9.80 Å². The Morgan fingerprint density at radius 2 is 1.79 bits per heavy atom. The molecule has 0 aromatic heterocycles. The van der Waals surface area contributed by atoms with E-state index >= 15 is 0 Å². The van der Waals surface area contributed by atoms with Crippen LogP contribution in [-0.4, -0.2) is 73.1 Å². The van der Waals surface area contributed by atoms with Crippen LogP contribution in [0.5, 0.6) is 5.75 Å². The molecule has 2 aromatic carbocycles. The molecular weight excluding hydrogens is 444 g/mol. The molecular formula is C25H27ClN2O5. The van der Waals surface area contributed by atoms with Gasteiger partial charge >= 0.3 is 0 Å². The van der Waals surface area contributed by atoms with Gasteiger partial charge in [-0.15, -0.1) is 0 Å². The van der Waals surface area contributed by atoms with E-state index in [-0.39, 0.29) is 11.3 Å². The lowest BCUT2D eigenvalue weighted by atomic mass is 9.95. The van der Waals surface area contributed by atoms with Crippen LogP contribution in [-0.2, 0) is 14.3 Å². The maximum Gasteiger partial charge on any atom is 0.295 e. The first kappa shape index (κ1) is 23.3. The highest BCUT2D eigenvalue weighted by atomic mass is 35.5. The molecule has 4 rings (SSSR count). The van der Waals surface area contributed by atoms with E-state index in [4.69, 9.17) is 21.1 Å². The van der Waals surface area contributed by atoms with E-state index in [1.165, 1.54) is 4.90 Å². The second-order valence-corrected chi connectivity index (χ2v) is 8.46. The van der Waals surface area contributed by atoms with E-state index in [1.807, 2.05) is 6.07 Å². The number of hydrogen-bond donors (Lipinski definition) is 1. The van der Waals surface area contributed by atoms with Crippen LogP contribution >= 0.6 is 11.6 Å². The zero-order valence-electron chi connectivity index (χ0n) is 18.5. The summed E-state index contributed by atoms with van der Waals surface area (Å²) in [6.45, 7) is 4.27. The monoisotopic (exact) mass is 470 g/mol. The molecule has 0 bridgehead atoms. The summed E-state index contributed by atoms with van der Waals surface area (Å²) in [6, 6.07) is 13.0. The maximum absolute atomic E-state index is 13.1. The molecule has 2 aliphatic heterocycles. The highest BCUT2D eigenvalue weighted by Gasteiger charge is 2.46. The summed E-state index contributed by atoms with van der Waals surface area (Å²) < 4.78 is 10.6. The Bertz CT molecular complexity index is 1050. The third kappa shape index (κ3) is 4.90. The van der Waals surface area contributed by atoms with E-state index < -0.39 is 17.7 Å². The number of nitrogens with zero attached hydrogens (tertiary/aromatic N) is 2. The van der Waals surface area contributed by atoms with Gasteiger partial charge in [-0.05, 0) is 42.3 Å². The summed E-state index contributed by atoms with van der Waals surface area (Å²) in [6.07, 6.45) is 0.691. The standard InChI is InChI=1S/C25H27ClN2O5/c1-32-18-9-7-17(8-10-18)23(29)21-22(19-5-2-3-6-20(19)26)28(25(31)24(21)30)12-4-11-27-13-15-33-16-14-27/h2-3,5-10,22,29H,4,11-16H2,1H3/t22-/m1/s1. The number of carbonyl (C=O) groups excluding carboxylic acids is 2. The highest BCUT2D eigenvalue weighted by Crippen LogP contribution is 2.41. The molecule has 1 atom stereocenters. The van der Waals surface area contributed by atoms with E-state index in [0.29, 0.717) is 48.1 Å². The number of halogens is 1. The third-order valence-corrected chi connectivity index (χ3v) is 6.42. The zero-order valence-corrected chi connectivity index (χ0v) is 19.3. The average Bonchev–Trinajstić information content (AvgIpc) is 3.09. The van der Waals surface area contributed by atoms with Crippen molar-refractivity contribution in [3.63, 3.8) is 0 Å². The van der Waals surface area contributed by atoms with E-state index in [1.54, 1.807) is 49.6 Å². The van der Waals surface area contributed by atoms with Crippen LogP contribution < -0.4 is 4.74 Å². The van der Waals surface area contributed by atoms with Gasteiger partial charge in [0.05, 0.1) is 31.9 Å². The van der Waals surface area contributed by atoms with Crippen LogP contribution in [0.4, 0.5) is 0 Å². The van der Waals surface area contributed by atoms with Crippen molar-refractivity contribution in [2.75, 3.05) is 46.5 Å². The van der Waals surface area contributed by atoms with Crippen molar-refractivity contribution in [3.8, 4) is 5.75 Å². The van der Waals surface area contributed by atoms with Gasteiger partial charge in [-0.25, -0.2) is 0 Å². The molecule has 2 aliphatic rings. The number of Topliss-reactive ketones (excluding diaryl/α,β-unsaturated/α-hetero) is 1. The number of carbonyl (C=O) groups is 2. The van der Waals surface area contributed by atoms with Crippen LogP contribution in [0, 0.1) is 0 Å². The van der Waals surface area contributed by atoms with Gasteiger partial charge in [0.2, 0.25) is 0 Å². The normalized spacial score (nSPS) is 20.9. The fourth-order valence-corrected chi connectivity index (χ4v) is 4.56. The Morgan fingerprint density at radius 3 is 2.45 bits per heavy atom. The Hall–Kier alpha value is -2.87. The minimum atomic E-state index is -0.759. The third-order valence-electron chi connectivity index (χ3n) is 6.08. The highest BCUT2D eigenvalue weighted by molar-refractivity contribution is 6.47. The topological polar surface area (TPSA) is 79.3 Å². The van der Waals surface area contributed by atoms with Crippen molar-refractivity contribution in [3.05, 3.63) is 70.3 Å². The summed E-state index contributed by atoms with van der Waals surface area (Å²) in [4.78, 5) is 30.0. The number of aliphatic hydroxyl groups is 1. The number of likely N-dealkylation sites (tertiary alicyclic amines) is 1. The van der Waals surface area contributed by atoms with Gasteiger partial charge in [0.15, 0.2) is 0 Å². The molecule has 2 saturated heterocycles. The Kier molecular flexibility index (Phi) is 7.33. The first-order valence-electron chi connectivity index (χ1n) is 11.0. The molecule has 174 valence electrons. The number of ketones is 1. The number of aliphatic hydroxyl groups excluding tert-OH is 1. The number of rotatable bonds is 7. The molecule has 1 amide bonds. The van der Waals surface area contributed by atoms with Gasteiger partial charge < -0.3 is 19.5 Å². The number of benzene rings is 2. The number of hydrogen-bond acceptors (Lipinski definition) is 6. The van der Waals surface area contributed by atoms with Gasteiger partial charge in [0.1, 0.15) is 11.5 Å². The van der Waals surface area contributed by atoms with Crippen LogP contribution in [0.1, 0.15) is 23.6 Å². The van der Waals surface area contributed by atoms with Crippen LogP contribution in [0.25, 0.3) is 5.76 Å². The predicted octanol–water partition coefficient (Wildman–Crippen LogP) is 3.49. The Labute approximate surface area is 198 Å². The first-order chi connectivity index (χ1) is 16.0. The molecule has 0 saturated carbocycles. The van der Waals surface area contributed by atoms with E-state index in [0.717, 1.165) is 19.6 Å². The summed E-state index contributed by atoms with van der Waals surface area (Å²) in [5, 5.41) is 11.5. The molecule has 33 heavy (non-hydrogen) atoms. The summed E-state index contributed by atoms with van der Waals surface area (Å²) in [7, 11) is 1.55. The van der Waals surface area contributed by atoms with Gasteiger partial charge in [-0.1, -0.05) is 29.8 Å². The van der Waals surface area contributed by atoms with Gasteiger partial charge in [-0.3, -0.25) is 14.5 Å². The van der Waals surface area contributed by atoms with E-state index in [9.17, 15) is 14.7 Å². The second-order valence-electron chi connectivity index (χ2n) is 8.05. The van der Waals surface area contributed by atoms with Crippen molar-refractivity contribution >= 4 is 29.1 Å². The second kappa shape index (κ2) is 10.4. The van der Waals surface area contributed by atoms with E-state index in [2.05, 4.69) is 4.90 Å². The number of amides is 1. The molecule has 0 radical (unpaired) electrons. The maximum atomic E-state index is 13.1. The smallest absolute Gasteiger partial charge is 0.295 e. The minimum Gasteiger partial charge on any atom is -0.507 e. The summed E-state index contributed by atoms with van der Waals surface area (Å²) in [5.74, 6) is -0.939. The average molecular weight is 471 g/mol. The molecule has 2 aromatic rings. The Morgan fingerprint density at radius 1 is 1.09 bits per heavy atom. The SMILES string of the molecule is COc1ccc(C(O)=C2C(=O)C(=O)N(CCCN3CCOCC3)[C@@H]2c2ccccc2Cl)cc1. The molecule has 1 N–H and O–H groups in total. The van der Waals surface area contributed by atoms with Crippen molar-refractivity contribution in [2.24, 2.45) is 0 Å². The number of methoxy groups -OCH3 is 1. The molecule has 7 nitrogen and oxygen atoms in total.